The fourth-order valence-electron chi connectivity index (χ4n) is 3.15. The van der Waals surface area contributed by atoms with Crippen LogP contribution in [0.3, 0.4) is 0 Å². The lowest BCUT2D eigenvalue weighted by Gasteiger charge is -2.07. The van der Waals surface area contributed by atoms with Crippen LogP contribution >= 0.6 is 0 Å². The van der Waals surface area contributed by atoms with E-state index in [1.54, 1.807) is 6.08 Å². The minimum absolute atomic E-state index is 0.948. The lowest BCUT2D eigenvalue weighted by atomic mass is 10.0. The summed E-state index contributed by atoms with van der Waals surface area (Å²) in [6, 6.07) is 25.5. The van der Waals surface area contributed by atoms with E-state index in [4.69, 9.17) is 0 Å². The molecule has 1 heterocycles. The summed E-state index contributed by atoms with van der Waals surface area (Å²) in [6.07, 6.45) is 1.80. The molecule has 0 fully saturated rings. The Bertz CT molecular complexity index is 1040. The number of allylic oxidation sites excluding steroid dienone is 2. The summed E-state index contributed by atoms with van der Waals surface area (Å²) in [7, 11) is 0. The first-order valence-corrected chi connectivity index (χ1v) is 7.70. The van der Waals surface area contributed by atoms with Gasteiger partial charge >= 0.3 is 0 Å². The van der Waals surface area contributed by atoms with Gasteiger partial charge in [0.25, 0.3) is 0 Å². The molecule has 0 saturated carbocycles. The van der Waals surface area contributed by atoms with E-state index < -0.39 is 0 Å². The van der Waals surface area contributed by atoms with Gasteiger partial charge in [-0.05, 0) is 41.5 Å². The fraction of sp³-hybridized carbons (Fsp3) is 0. The SMILES string of the molecule is C=CC(=C)c1ccc2c(c1)c1ccccc1n2-c1ccccc1. The van der Waals surface area contributed by atoms with Crippen LogP contribution < -0.4 is 0 Å². The first-order valence-electron chi connectivity index (χ1n) is 7.70. The summed E-state index contributed by atoms with van der Waals surface area (Å²) < 4.78 is 2.31. The first kappa shape index (κ1) is 13.6. The lowest BCUT2D eigenvalue weighted by molar-refractivity contribution is 1.18. The monoisotopic (exact) mass is 295 g/mol. The van der Waals surface area contributed by atoms with Crippen LogP contribution in [0.15, 0.2) is 92.0 Å². The summed E-state index contributed by atoms with van der Waals surface area (Å²) >= 11 is 0. The largest absolute Gasteiger partial charge is 0.309 e. The van der Waals surface area contributed by atoms with Gasteiger partial charge in [0.05, 0.1) is 11.0 Å². The van der Waals surface area contributed by atoms with Gasteiger partial charge < -0.3 is 4.57 Å². The van der Waals surface area contributed by atoms with E-state index in [2.05, 4.69) is 84.5 Å². The minimum Gasteiger partial charge on any atom is -0.309 e. The zero-order valence-corrected chi connectivity index (χ0v) is 12.9. The van der Waals surface area contributed by atoms with Crippen LogP contribution in [0.1, 0.15) is 5.56 Å². The highest BCUT2D eigenvalue weighted by Crippen LogP contribution is 2.33. The molecule has 0 radical (unpaired) electrons. The number of nitrogens with zero attached hydrogens (tertiary/aromatic N) is 1. The van der Waals surface area contributed by atoms with E-state index in [0.717, 1.165) is 11.1 Å². The second-order valence-electron chi connectivity index (χ2n) is 5.65. The Balaban J connectivity index is 2.13. The maximum absolute atomic E-state index is 4.07. The van der Waals surface area contributed by atoms with Crippen molar-refractivity contribution in [2.45, 2.75) is 0 Å². The second-order valence-corrected chi connectivity index (χ2v) is 5.65. The van der Waals surface area contributed by atoms with Gasteiger partial charge in [0, 0.05) is 16.5 Å². The van der Waals surface area contributed by atoms with Crippen LogP contribution in [0.2, 0.25) is 0 Å². The fourth-order valence-corrected chi connectivity index (χ4v) is 3.15. The van der Waals surface area contributed by atoms with Gasteiger partial charge in [-0.1, -0.05) is 61.7 Å². The van der Waals surface area contributed by atoms with Gasteiger partial charge in [-0.25, -0.2) is 0 Å². The summed E-state index contributed by atoms with van der Waals surface area (Å²) in [5.41, 5.74) is 5.66. The maximum atomic E-state index is 4.07. The first-order chi connectivity index (χ1) is 11.3. The number of hydrogen-bond donors (Lipinski definition) is 0. The molecule has 0 spiro atoms. The van der Waals surface area contributed by atoms with Crippen molar-refractivity contribution in [2.75, 3.05) is 0 Å². The zero-order chi connectivity index (χ0) is 15.8. The Hall–Kier alpha value is -3.06. The van der Waals surface area contributed by atoms with Crippen molar-refractivity contribution in [1.82, 2.24) is 4.57 Å². The van der Waals surface area contributed by atoms with Crippen molar-refractivity contribution in [3.63, 3.8) is 0 Å². The second kappa shape index (κ2) is 5.29. The van der Waals surface area contributed by atoms with Gasteiger partial charge in [0.2, 0.25) is 0 Å². The molecule has 1 heteroatoms. The molecule has 3 aromatic carbocycles. The molecule has 4 rings (SSSR count). The smallest absolute Gasteiger partial charge is 0.0541 e. The number of fused-ring (bicyclic) bond motifs is 3. The van der Waals surface area contributed by atoms with Crippen LogP contribution in [0, 0.1) is 0 Å². The molecule has 0 aliphatic carbocycles. The number of hydrogen-bond acceptors (Lipinski definition) is 0. The highest BCUT2D eigenvalue weighted by atomic mass is 15.0. The third-order valence-corrected chi connectivity index (χ3v) is 4.30. The van der Waals surface area contributed by atoms with Gasteiger partial charge in [-0.2, -0.15) is 0 Å². The molecule has 4 aromatic rings. The standard InChI is InChI=1S/C22H17N/c1-3-16(2)17-13-14-22-20(15-17)19-11-7-8-12-21(19)23(22)18-9-5-4-6-10-18/h3-15H,1-2H2. The van der Waals surface area contributed by atoms with E-state index in [1.807, 2.05) is 6.07 Å². The Kier molecular flexibility index (Phi) is 3.13. The highest BCUT2D eigenvalue weighted by Gasteiger charge is 2.12. The Labute approximate surface area is 135 Å². The van der Waals surface area contributed by atoms with Crippen LogP contribution in [0.5, 0.6) is 0 Å². The Morgan fingerprint density at radius 1 is 0.783 bits per heavy atom. The van der Waals surface area contributed by atoms with E-state index in [-0.39, 0.29) is 0 Å². The summed E-state index contributed by atoms with van der Waals surface area (Å²) in [5.74, 6) is 0. The topological polar surface area (TPSA) is 4.93 Å². The summed E-state index contributed by atoms with van der Waals surface area (Å²) in [6.45, 7) is 7.90. The predicted molar refractivity (Wildman–Crippen MR) is 100 cm³/mol. The van der Waals surface area contributed by atoms with Crippen molar-refractivity contribution < 1.29 is 0 Å². The van der Waals surface area contributed by atoms with E-state index >= 15 is 0 Å². The molecule has 110 valence electrons. The number of aromatic nitrogens is 1. The molecule has 0 amide bonds. The highest BCUT2D eigenvalue weighted by molar-refractivity contribution is 6.10. The van der Waals surface area contributed by atoms with E-state index in [1.165, 1.54) is 27.5 Å². The molecule has 23 heavy (non-hydrogen) atoms. The van der Waals surface area contributed by atoms with Gasteiger partial charge in [-0.3, -0.25) is 0 Å². The van der Waals surface area contributed by atoms with Crippen molar-refractivity contribution in [2.24, 2.45) is 0 Å². The molecule has 0 atom stereocenters. The molecule has 0 bridgehead atoms. The van der Waals surface area contributed by atoms with Gasteiger partial charge in [-0.15, -0.1) is 0 Å². The van der Waals surface area contributed by atoms with Gasteiger partial charge in [0.15, 0.2) is 0 Å². The summed E-state index contributed by atoms with van der Waals surface area (Å²) in [4.78, 5) is 0. The van der Waals surface area contributed by atoms with Crippen molar-refractivity contribution in [1.29, 1.82) is 0 Å². The van der Waals surface area contributed by atoms with E-state index in [0.29, 0.717) is 0 Å². The number of para-hydroxylation sites is 2. The average molecular weight is 295 g/mol. The zero-order valence-electron chi connectivity index (χ0n) is 12.9. The molecular weight excluding hydrogens is 278 g/mol. The van der Waals surface area contributed by atoms with Crippen LogP contribution in [0.25, 0.3) is 33.1 Å². The predicted octanol–water partition coefficient (Wildman–Crippen LogP) is 5.98. The summed E-state index contributed by atoms with van der Waals surface area (Å²) in [5, 5.41) is 2.50. The maximum Gasteiger partial charge on any atom is 0.0541 e. The molecule has 0 saturated heterocycles. The average Bonchev–Trinajstić information content (AvgIpc) is 2.95. The molecule has 0 aliphatic rings. The molecular formula is C22H17N. The molecule has 1 nitrogen and oxygen atoms in total. The third-order valence-electron chi connectivity index (χ3n) is 4.30. The lowest BCUT2D eigenvalue weighted by Crippen LogP contribution is -1.92. The Morgan fingerprint density at radius 2 is 1.48 bits per heavy atom. The third kappa shape index (κ3) is 2.09. The van der Waals surface area contributed by atoms with Crippen molar-refractivity contribution >= 4 is 27.4 Å². The molecule has 0 N–H and O–H groups in total. The minimum atomic E-state index is 0.948. The van der Waals surface area contributed by atoms with Crippen LogP contribution in [0.4, 0.5) is 0 Å². The van der Waals surface area contributed by atoms with E-state index in [9.17, 15) is 0 Å². The van der Waals surface area contributed by atoms with Gasteiger partial charge in [0.1, 0.15) is 0 Å². The van der Waals surface area contributed by atoms with Crippen molar-refractivity contribution in [3.8, 4) is 5.69 Å². The van der Waals surface area contributed by atoms with Crippen LogP contribution in [-0.2, 0) is 0 Å². The molecule has 0 aliphatic heterocycles. The molecule has 0 unspecified atom stereocenters. The normalized spacial score (nSPS) is 11.0. The quantitative estimate of drug-likeness (QED) is 0.409. The Morgan fingerprint density at radius 3 is 2.26 bits per heavy atom. The molecule has 1 aromatic heterocycles. The number of rotatable bonds is 3. The number of benzene rings is 3. The van der Waals surface area contributed by atoms with Crippen LogP contribution in [-0.4, -0.2) is 4.57 Å². The van der Waals surface area contributed by atoms with Crippen molar-refractivity contribution in [3.05, 3.63) is 97.6 Å².